The van der Waals surface area contributed by atoms with E-state index >= 15 is 0 Å². The van der Waals surface area contributed by atoms with E-state index in [-0.39, 0.29) is 0 Å². The van der Waals surface area contributed by atoms with Gasteiger partial charge in [-0.3, -0.25) is 4.99 Å². The number of rotatable bonds is 2. The lowest BCUT2D eigenvalue weighted by Gasteiger charge is -2.01. The Morgan fingerprint density at radius 3 is 2.64 bits per heavy atom. The highest BCUT2D eigenvalue weighted by molar-refractivity contribution is 6.00. The van der Waals surface area contributed by atoms with Crippen LogP contribution in [-0.2, 0) is 0 Å². The van der Waals surface area contributed by atoms with Crippen LogP contribution < -0.4 is 0 Å². The fourth-order valence-electron chi connectivity index (χ4n) is 1.44. The van der Waals surface area contributed by atoms with Crippen LogP contribution in [0.15, 0.2) is 16.6 Å². The van der Waals surface area contributed by atoms with Crippen LogP contribution in [0.3, 0.4) is 0 Å². The third-order valence-electron chi connectivity index (χ3n) is 2.51. The van der Waals surface area contributed by atoms with Crippen LogP contribution in [0.1, 0.15) is 26.7 Å². The summed E-state index contributed by atoms with van der Waals surface area (Å²) in [6.45, 7) is 5.47. The van der Waals surface area contributed by atoms with Crippen molar-refractivity contribution in [1.82, 2.24) is 0 Å². The molecule has 0 bridgehead atoms. The topological polar surface area (TPSA) is 12.4 Å². The smallest absolute Gasteiger partial charge is 0.0609 e. The molecule has 0 radical (unpaired) electrons. The van der Waals surface area contributed by atoms with Gasteiger partial charge in [-0.05, 0) is 30.4 Å². The molecular weight excluding hydrogens is 134 g/mol. The zero-order valence-corrected chi connectivity index (χ0v) is 7.30. The fourth-order valence-corrected chi connectivity index (χ4v) is 1.44. The second-order valence-electron chi connectivity index (χ2n) is 3.89. The average Bonchev–Trinajstić information content (AvgIpc) is 2.68. The number of hydrogen-bond acceptors (Lipinski definition) is 1. The van der Waals surface area contributed by atoms with E-state index in [4.69, 9.17) is 0 Å². The van der Waals surface area contributed by atoms with Gasteiger partial charge in [-0.1, -0.05) is 13.8 Å². The van der Waals surface area contributed by atoms with Crippen molar-refractivity contribution < 1.29 is 0 Å². The number of hydrogen-bond donors (Lipinski definition) is 0. The molecule has 1 fully saturated rings. The molecule has 11 heavy (non-hydrogen) atoms. The maximum Gasteiger partial charge on any atom is 0.0609 e. The summed E-state index contributed by atoms with van der Waals surface area (Å²) in [6, 6.07) is 0. The predicted octanol–water partition coefficient (Wildman–Crippen LogP) is 2.43. The van der Waals surface area contributed by atoms with Crippen LogP contribution in [0, 0.1) is 11.8 Å². The molecule has 2 aliphatic rings. The Balaban J connectivity index is 2.04. The average molecular weight is 149 g/mol. The van der Waals surface area contributed by atoms with Crippen molar-refractivity contribution in [1.29, 1.82) is 0 Å². The van der Waals surface area contributed by atoms with E-state index in [1.165, 1.54) is 24.1 Å². The van der Waals surface area contributed by atoms with Crippen molar-refractivity contribution >= 4 is 5.71 Å². The van der Waals surface area contributed by atoms with Crippen LogP contribution in [-0.4, -0.2) is 12.3 Å². The Morgan fingerprint density at radius 1 is 1.45 bits per heavy atom. The van der Waals surface area contributed by atoms with Gasteiger partial charge in [0.05, 0.1) is 6.54 Å². The summed E-state index contributed by atoms with van der Waals surface area (Å²) in [6.07, 6.45) is 5.07. The lowest BCUT2D eigenvalue weighted by molar-refractivity contribution is 0.754. The monoisotopic (exact) mass is 149 g/mol. The minimum absolute atomic E-state index is 0.690. The Kier molecular flexibility index (Phi) is 1.59. The number of nitrogens with zero attached hydrogens (tertiary/aromatic N) is 1. The molecule has 1 heteroatoms. The number of allylic oxidation sites excluding steroid dienone is 1. The van der Waals surface area contributed by atoms with E-state index in [1.807, 2.05) is 0 Å². The summed E-state index contributed by atoms with van der Waals surface area (Å²) >= 11 is 0. The van der Waals surface area contributed by atoms with Gasteiger partial charge in [-0.2, -0.15) is 0 Å². The maximum absolute atomic E-state index is 4.52. The first-order chi connectivity index (χ1) is 5.27. The first-order valence-electron chi connectivity index (χ1n) is 4.52. The Bertz CT molecular complexity index is 219. The molecule has 1 saturated carbocycles. The molecule has 0 aromatic carbocycles. The standard InChI is InChI=1S/C10H15N/c1-7(2)9-5-10(11-6-9)8-3-4-8/h5,7-8H,3-4,6H2,1-2H3. The van der Waals surface area contributed by atoms with Gasteiger partial charge < -0.3 is 0 Å². The molecule has 0 unspecified atom stereocenters. The van der Waals surface area contributed by atoms with Gasteiger partial charge in [-0.15, -0.1) is 0 Å². The highest BCUT2D eigenvalue weighted by atomic mass is 14.8. The van der Waals surface area contributed by atoms with Crippen molar-refractivity contribution in [2.75, 3.05) is 6.54 Å². The largest absolute Gasteiger partial charge is 0.285 e. The van der Waals surface area contributed by atoms with Gasteiger partial charge in [0, 0.05) is 11.6 Å². The first kappa shape index (κ1) is 7.08. The summed E-state index contributed by atoms with van der Waals surface area (Å²) in [5.41, 5.74) is 2.90. The molecular formula is C10H15N. The minimum Gasteiger partial charge on any atom is -0.285 e. The molecule has 1 aliphatic heterocycles. The molecule has 1 heterocycles. The fraction of sp³-hybridized carbons (Fsp3) is 0.700. The highest BCUT2D eigenvalue weighted by Gasteiger charge is 2.28. The van der Waals surface area contributed by atoms with Gasteiger partial charge in [-0.25, -0.2) is 0 Å². The van der Waals surface area contributed by atoms with E-state index in [2.05, 4.69) is 24.9 Å². The van der Waals surface area contributed by atoms with E-state index in [0.717, 1.165) is 12.5 Å². The van der Waals surface area contributed by atoms with Crippen LogP contribution in [0.25, 0.3) is 0 Å². The lowest BCUT2D eigenvalue weighted by Crippen LogP contribution is -1.94. The molecule has 0 aromatic heterocycles. The molecule has 0 amide bonds. The normalized spacial score (nSPS) is 23.9. The van der Waals surface area contributed by atoms with E-state index in [1.54, 1.807) is 0 Å². The Morgan fingerprint density at radius 2 is 2.18 bits per heavy atom. The van der Waals surface area contributed by atoms with Crippen molar-refractivity contribution in [3.8, 4) is 0 Å². The van der Waals surface area contributed by atoms with Gasteiger partial charge in [0.25, 0.3) is 0 Å². The SMILES string of the molecule is CC(C)C1=CC(C2CC2)=NC1. The second kappa shape index (κ2) is 2.47. The van der Waals surface area contributed by atoms with Crippen LogP contribution in [0.4, 0.5) is 0 Å². The van der Waals surface area contributed by atoms with Crippen molar-refractivity contribution in [2.24, 2.45) is 16.8 Å². The van der Waals surface area contributed by atoms with Gasteiger partial charge in [0.2, 0.25) is 0 Å². The zero-order valence-electron chi connectivity index (χ0n) is 7.30. The van der Waals surface area contributed by atoms with Crippen LogP contribution in [0.5, 0.6) is 0 Å². The Hall–Kier alpha value is -0.590. The minimum atomic E-state index is 0.690. The van der Waals surface area contributed by atoms with Crippen LogP contribution in [0.2, 0.25) is 0 Å². The molecule has 0 atom stereocenters. The molecule has 1 nitrogen and oxygen atoms in total. The Labute approximate surface area is 68.2 Å². The first-order valence-corrected chi connectivity index (χ1v) is 4.52. The van der Waals surface area contributed by atoms with Crippen molar-refractivity contribution in [2.45, 2.75) is 26.7 Å². The molecule has 2 rings (SSSR count). The molecule has 0 spiro atoms. The van der Waals surface area contributed by atoms with E-state index < -0.39 is 0 Å². The van der Waals surface area contributed by atoms with E-state index in [0.29, 0.717) is 5.92 Å². The third kappa shape index (κ3) is 1.37. The molecule has 0 saturated heterocycles. The quantitative estimate of drug-likeness (QED) is 0.572. The van der Waals surface area contributed by atoms with Gasteiger partial charge >= 0.3 is 0 Å². The van der Waals surface area contributed by atoms with E-state index in [9.17, 15) is 0 Å². The summed E-state index contributed by atoms with van der Waals surface area (Å²) < 4.78 is 0. The molecule has 0 N–H and O–H groups in total. The van der Waals surface area contributed by atoms with Gasteiger partial charge in [0.1, 0.15) is 0 Å². The lowest BCUT2D eigenvalue weighted by atomic mass is 10.0. The van der Waals surface area contributed by atoms with Crippen LogP contribution >= 0.6 is 0 Å². The van der Waals surface area contributed by atoms with Crippen molar-refractivity contribution in [3.63, 3.8) is 0 Å². The second-order valence-corrected chi connectivity index (χ2v) is 3.89. The summed E-state index contributed by atoms with van der Waals surface area (Å²) in [7, 11) is 0. The van der Waals surface area contributed by atoms with Gasteiger partial charge in [0.15, 0.2) is 0 Å². The van der Waals surface area contributed by atoms with Crippen molar-refractivity contribution in [3.05, 3.63) is 11.6 Å². The summed E-state index contributed by atoms with van der Waals surface area (Å²) in [5, 5.41) is 0. The molecule has 1 aliphatic carbocycles. The third-order valence-corrected chi connectivity index (χ3v) is 2.51. The molecule has 0 aromatic rings. The zero-order chi connectivity index (χ0) is 7.84. The highest BCUT2D eigenvalue weighted by Crippen LogP contribution is 2.34. The summed E-state index contributed by atoms with van der Waals surface area (Å²) in [5.74, 6) is 1.53. The molecule has 60 valence electrons. The number of aliphatic imine (C=N–C) groups is 1. The summed E-state index contributed by atoms with van der Waals surface area (Å²) in [4.78, 5) is 4.52. The maximum atomic E-state index is 4.52. The predicted molar refractivity (Wildman–Crippen MR) is 47.9 cm³/mol.